The minimum Gasteiger partial charge on any atom is -0.352 e. The minimum atomic E-state index is -0.774. The zero-order valence-electron chi connectivity index (χ0n) is 15.3. The molecule has 0 aliphatic heterocycles. The fraction of sp³-hybridized carbons (Fsp3) is 0.471. The molecule has 1 N–H and O–H groups in total. The number of nitrogens with one attached hydrogen (secondary N) is 1. The van der Waals surface area contributed by atoms with E-state index < -0.39 is 6.04 Å². The van der Waals surface area contributed by atoms with Crippen molar-refractivity contribution >= 4 is 11.8 Å². The Hall–Kier alpha value is -2.84. The first-order valence-electron chi connectivity index (χ1n) is 8.31. The highest BCUT2D eigenvalue weighted by molar-refractivity contribution is 5.86. The number of halogens is 1. The van der Waals surface area contributed by atoms with E-state index in [4.69, 9.17) is 0 Å². The summed E-state index contributed by atoms with van der Waals surface area (Å²) in [6, 6.07) is 5.23. The predicted molar refractivity (Wildman–Crippen MR) is 92.6 cm³/mol. The number of likely N-dealkylation sites (N-methyl/N-ethyl adjacent to an activating group) is 1. The lowest BCUT2D eigenvalue weighted by molar-refractivity contribution is -0.137. The average molecular weight is 362 g/mol. The molecular formula is C17H23FN6O2. The van der Waals surface area contributed by atoms with Crippen LogP contribution >= 0.6 is 0 Å². The van der Waals surface area contributed by atoms with Crippen LogP contribution in [0.3, 0.4) is 0 Å². The highest BCUT2D eigenvalue weighted by Gasteiger charge is 2.28. The lowest BCUT2D eigenvalue weighted by Gasteiger charge is -2.24. The van der Waals surface area contributed by atoms with Crippen molar-refractivity contribution < 1.29 is 14.0 Å². The fourth-order valence-electron chi connectivity index (χ4n) is 2.61. The molecule has 0 aliphatic carbocycles. The maximum atomic E-state index is 13.5. The molecule has 1 aromatic heterocycles. The summed E-state index contributed by atoms with van der Waals surface area (Å²) < 4.78 is 14.9. The van der Waals surface area contributed by atoms with E-state index in [1.165, 1.54) is 21.7 Å². The first kappa shape index (κ1) is 19.5. The molecule has 2 amide bonds. The van der Waals surface area contributed by atoms with Crippen LogP contribution in [0.4, 0.5) is 4.39 Å². The number of carbonyl (C=O) groups is 2. The molecule has 9 heteroatoms. The van der Waals surface area contributed by atoms with Crippen molar-refractivity contribution in [3.05, 3.63) is 41.5 Å². The van der Waals surface area contributed by atoms with E-state index in [-0.39, 0.29) is 36.6 Å². The van der Waals surface area contributed by atoms with Crippen molar-refractivity contribution in [2.24, 2.45) is 0 Å². The zero-order valence-corrected chi connectivity index (χ0v) is 15.3. The molecule has 0 aliphatic rings. The maximum Gasteiger partial charge on any atom is 0.248 e. The van der Waals surface area contributed by atoms with E-state index >= 15 is 0 Å². The van der Waals surface area contributed by atoms with Crippen molar-refractivity contribution in [2.45, 2.75) is 39.3 Å². The Balaban J connectivity index is 2.21. The van der Waals surface area contributed by atoms with Gasteiger partial charge in [-0.25, -0.2) is 9.07 Å². The summed E-state index contributed by atoms with van der Waals surface area (Å²) >= 11 is 0. The number of hydrogen-bond acceptors (Lipinski definition) is 5. The minimum absolute atomic E-state index is 0.0177. The van der Waals surface area contributed by atoms with Gasteiger partial charge in [-0.15, -0.1) is 5.10 Å². The molecule has 8 nitrogen and oxygen atoms in total. The highest BCUT2D eigenvalue weighted by atomic mass is 19.1. The van der Waals surface area contributed by atoms with Crippen LogP contribution in [0.1, 0.15) is 31.3 Å². The van der Waals surface area contributed by atoms with Gasteiger partial charge in [-0.3, -0.25) is 9.59 Å². The number of rotatable bonds is 7. The van der Waals surface area contributed by atoms with Crippen molar-refractivity contribution in [1.29, 1.82) is 0 Å². The molecule has 0 unspecified atom stereocenters. The molecule has 0 bridgehead atoms. The van der Waals surface area contributed by atoms with Crippen molar-refractivity contribution in [3.63, 3.8) is 0 Å². The second-order valence-corrected chi connectivity index (χ2v) is 6.44. The summed E-state index contributed by atoms with van der Waals surface area (Å²) in [4.78, 5) is 26.2. The zero-order chi connectivity index (χ0) is 19.3. The Morgan fingerprint density at radius 3 is 2.65 bits per heavy atom. The first-order chi connectivity index (χ1) is 12.3. The summed E-state index contributed by atoms with van der Waals surface area (Å²) in [7, 11) is 1.54. The molecule has 0 fully saturated rings. The summed E-state index contributed by atoms with van der Waals surface area (Å²) in [6.07, 6.45) is 0.207. The SMILES string of the molecule is Cc1nnnn1[C@@H](Cc1cccc(F)c1)C(=O)N(C)CC(=O)NC(C)C. The summed E-state index contributed by atoms with van der Waals surface area (Å²) in [6.45, 7) is 5.28. The van der Waals surface area contributed by atoms with Gasteiger partial charge < -0.3 is 10.2 Å². The van der Waals surface area contributed by atoms with Crippen LogP contribution in [0.5, 0.6) is 0 Å². The summed E-state index contributed by atoms with van der Waals surface area (Å²) in [5.74, 6) is -0.510. The average Bonchev–Trinajstić information content (AvgIpc) is 2.97. The normalized spacial score (nSPS) is 12.1. The van der Waals surface area contributed by atoms with E-state index in [0.717, 1.165) is 0 Å². The molecule has 0 radical (unpaired) electrons. The molecule has 0 saturated carbocycles. The number of hydrogen-bond donors (Lipinski definition) is 1. The van der Waals surface area contributed by atoms with Crippen LogP contribution in [0.25, 0.3) is 0 Å². The van der Waals surface area contributed by atoms with Gasteiger partial charge in [0.2, 0.25) is 11.8 Å². The van der Waals surface area contributed by atoms with Crippen LogP contribution in [0, 0.1) is 12.7 Å². The number of benzene rings is 1. The Bertz CT molecular complexity index is 776. The van der Waals surface area contributed by atoms with Gasteiger partial charge in [-0.05, 0) is 48.9 Å². The smallest absolute Gasteiger partial charge is 0.248 e. The topological polar surface area (TPSA) is 93.0 Å². The molecule has 2 rings (SSSR count). The molecule has 1 heterocycles. The lowest BCUT2D eigenvalue weighted by atomic mass is 10.0. The van der Waals surface area contributed by atoms with E-state index in [1.807, 2.05) is 13.8 Å². The molecule has 0 spiro atoms. The molecule has 140 valence electrons. The molecule has 1 aromatic carbocycles. The maximum absolute atomic E-state index is 13.5. The largest absolute Gasteiger partial charge is 0.352 e. The second kappa shape index (κ2) is 8.50. The van der Waals surface area contributed by atoms with Crippen LogP contribution in [0.15, 0.2) is 24.3 Å². The first-order valence-corrected chi connectivity index (χ1v) is 8.31. The Labute approximate surface area is 151 Å². The third-order valence-electron chi connectivity index (χ3n) is 3.76. The number of nitrogens with zero attached hydrogens (tertiary/aromatic N) is 5. The fourth-order valence-corrected chi connectivity index (χ4v) is 2.61. The van der Waals surface area contributed by atoms with Gasteiger partial charge in [-0.1, -0.05) is 12.1 Å². The molecular weight excluding hydrogens is 339 g/mol. The van der Waals surface area contributed by atoms with Gasteiger partial charge >= 0.3 is 0 Å². The van der Waals surface area contributed by atoms with Gasteiger partial charge in [0.1, 0.15) is 17.7 Å². The van der Waals surface area contributed by atoms with Crippen LogP contribution in [0.2, 0.25) is 0 Å². The molecule has 0 saturated heterocycles. The van der Waals surface area contributed by atoms with Crippen LogP contribution in [-0.4, -0.2) is 56.6 Å². The number of aryl methyl sites for hydroxylation is 1. The third kappa shape index (κ3) is 5.08. The van der Waals surface area contributed by atoms with Gasteiger partial charge in [0.15, 0.2) is 0 Å². The number of carbonyl (C=O) groups excluding carboxylic acids is 2. The molecule has 2 aromatic rings. The monoisotopic (exact) mass is 362 g/mol. The van der Waals surface area contributed by atoms with Gasteiger partial charge in [0.05, 0.1) is 6.54 Å². The Morgan fingerprint density at radius 2 is 2.08 bits per heavy atom. The van der Waals surface area contributed by atoms with Crippen LogP contribution < -0.4 is 5.32 Å². The van der Waals surface area contributed by atoms with Crippen molar-refractivity contribution in [3.8, 4) is 0 Å². The van der Waals surface area contributed by atoms with Gasteiger partial charge in [-0.2, -0.15) is 0 Å². The Kier molecular flexibility index (Phi) is 6.37. The predicted octanol–water partition coefficient (Wildman–Crippen LogP) is 0.887. The number of amides is 2. The number of tetrazole rings is 1. The Morgan fingerprint density at radius 1 is 1.35 bits per heavy atom. The lowest BCUT2D eigenvalue weighted by Crippen LogP contribution is -2.44. The quantitative estimate of drug-likeness (QED) is 0.789. The van der Waals surface area contributed by atoms with Crippen LogP contribution in [-0.2, 0) is 16.0 Å². The number of aromatic nitrogens is 4. The standard InChI is InChI=1S/C17H23FN6O2/c1-11(2)19-16(25)10-23(4)17(26)15(24-12(3)20-21-22-24)9-13-6-5-7-14(18)8-13/h5-8,11,15H,9-10H2,1-4H3,(H,19,25)/t15-/m0/s1. The van der Waals surface area contributed by atoms with Gasteiger partial charge in [0.25, 0.3) is 0 Å². The van der Waals surface area contributed by atoms with E-state index in [9.17, 15) is 14.0 Å². The summed E-state index contributed by atoms with van der Waals surface area (Å²) in [5.41, 5.74) is 0.637. The van der Waals surface area contributed by atoms with Crippen molar-refractivity contribution in [1.82, 2.24) is 30.4 Å². The van der Waals surface area contributed by atoms with E-state index in [2.05, 4.69) is 20.8 Å². The van der Waals surface area contributed by atoms with Crippen molar-refractivity contribution in [2.75, 3.05) is 13.6 Å². The second-order valence-electron chi connectivity index (χ2n) is 6.44. The third-order valence-corrected chi connectivity index (χ3v) is 3.76. The van der Waals surface area contributed by atoms with E-state index in [1.54, 1.807) is 26.1 Å². The summed E-state index contributed by atoms with van der Waals surface area (Å²) in [5, 5.41) is 14.0. The van der Waals surface area contributed by atoms with E-state index in [0.29, 0.717) is 11.4 Å². The highest BCUT2D eigenvalue weighted by Crippen LogP contribution is 2.18. The molecule has 26 heavy (non-hydrogen) atoms. The molecule has 1 atom stereocenters. The van der Waals surface area contributed by atoms with Gasteiger partial charge in [0, 0.05) is 19.5 Å².